The summed E-state index contributed by atoms with van der Waals surface area (Å²) in [5.74, 6) is 1.96. The highest BCUT2D eigenvalue weighted by Gasteiger charge is 2.27. The van der Waals surface area contributed by atoms with Crippen LogP contribution < -0.4 is 10.9 Å². The number of carbonyl (C=O) groups excluding carboxylic acids is 1. The Kier molecular flexibility index (Phi) is 5.20. The van der Waals surface area contributed by atoms with E-state index in [2.05, 4.69) is 29.2 Å². The quantitative estimate of drug-likeness (QED) is 0.898. The number of aryl methyl sites for hydroxylation is 2. The standard InChI is InChI=1S/C18H27N5O2/c1-12-6-4-7-15(13(12)2)20-16(24)8-5-10-23-18(25)17-19-9-11-22(17)14(3)21-23/h9,11-13,15H,4-8,10H2,1-3H3,(H,20,24)/t12-,13-,15-/m1/s1. The number of hydrogen-bond acceptors (Lipinski definition) is 4. The Balaban J connectivity index is 1.55. The summed E-state index contributed by atoms with van der Waals surface area (Å²) in [5.41, 5.74) is 0.160. The highest BCUT2D eigenvalue weighted by Crippen LogP contribution is 2.29. The number of nitrogens with zero attached hydrogens (tertiary/aromatic N) is 4. The smallest absolute Gasteiger partial charge is 0.310 e. The Morgan fingerprint density at radius 1 is 1.36 bits per heavy atom. The minimum absolute atomic E-state index is 0.0672. The van der Waals surface area contributed by atoms with Crippen molar-refractivity contribution in [3.8, 4) is 0 Å². The fourth-order valence-corrected chi connectivity index (χ4v) is 3.71. The summed E-state index contributed by atoms with van der Waals surface area (Å²) >= 11 is 0. The third-order valence-corrected chi connectivity index (χ3v) is 5.51. The van der Waals surface area contributed by atoms with Gasteiger partial charge in [0.2, 0.25) is 11.6 Å². The van der Waals surface area contributed by atoms with Gasteiger partial charge in [-0.15, -0.1) is 0 Å². The molecule has 2 aromatic heterocycles. The van der Waals surface area contributed by atoms with Crippen LogP contribution in [0.4, 0.5) is 0 Å². The fraction of sp³-hybridized carbons (Fsp3) is 0.667. The zero-order valence-electron chi connectivity index (χ0n) is 15.2. The summed E-state index contributed by atoms with van der Waals surface area (Å²) in [6.45, 7) is 6.74. The molecule has 25 heavy (non-hydrogen) atoms. The average Bonchev–Trinajstić information content (AvgIpc) is 3.07. The number of fused-ring (bicyclic) bond motifs is 1. The van der Waals surface area contributed by atoms with E-state index in [1.165, 1.54) is 17.5 Å². The topological polar surface area (TPSA) is 81.3 Å². The van der Waals surface area contributed by atoms with Gasteiger partial charge in [-0.05, 0) is 31.6 Å². The predicted octanol–water partition coefficient (Wildman–Crippen LogP) is 1.92. The van der Waals surface area contributed by atoms with E-state index < -0.39 is 0 Å². The maximum Gasteiger partial charge on any atom is 0.310 e. The van der Waals surface area contributed by atoms with Gasteiger partial charge in [-0.1, -0.05) is 26.7 Å². The number of carbonyl (C=O) groups is 1. The molecule has 1 aliphatic rings. The monoisotopic (exact) mass is 345 g/mol. The molecule has 0 aromatic carbocycles. The van der Waals surface area contributed by atoms with E-state index in [1.54, 1.807) is 16.8 Å². The van der Waals surface area contributed by atoms with Gasteiger partial charge in [0.1, 0.15) is 5.82 Å². The van der Waals surface area contributed by atoms with Crippen LogP contribution in [0.15, 0.2) is 17.2 Å². The highest BCUT2D eigenvalue weighted by atomic mass is 16.1. The number of hydrogen-bond donors (Lipinski definition) is 1. The first-order chi connectivity index (χ1) is 12.0. The van der Waals surface area contributed by atoms with E-state index in [1.807, 2.05) is 6.92 Å². The van der Waals surface area contributed by atoms with Crippen LogP contribution in [0.5, 0.6) is 0 Å². The number of rotatable bonds is 5. The molecule has 3 rings (SSSR count). The molecule has 1 saturated carbocycles. The summed E-state index contributed by atoms with van der Waals surface area (Å²) in [7, 11) is 0. The normalized spacial score (nSPS) is 23.7. The molecule has 1 amide bonds. The SMILES string of the molecule is Cc1nn(CCCC(=O)N[C@@H]2CCC[C@@H](C)[C@H]2C)c(=O)c2nccn12. The first kappa shape index (κ1) is 17.6. The van der Waals surface area contributed by atoms with Gasteiger partial charge in [-0.3, -0.25) is 14.0 Å². The number of aromatic nitrogens is 4. The average molecular weight is 345 g/mol. The van der Waals surface area contributed by atoms with Crippen LogP contribution in [0.1, 0.15) is 51.8 Å². The molecule has 7 nitrogen and oxygen atoms in total. The molecular formula is C18H27N5O2. The molecular weight excluding hydrogens is 318 g/mol. The second-order valence-electron chi connectivity index (χ2n) is 7.24. The van der Waals surface area contributed by atoms with Gasteiger partial charge in [0.05, 0.1) is 0 Å². The molecule has 3 atom stereocenters. The summed E-state index contributed by atoms with van der Waals surface area (Å²) < 4.78 is 3.09. The summed E-state index contributed by atoms with van der Waals surface area (Å²) in [4.78, 5) is 28.7. The molecule has 0 radical (unpaired) electrons. The van der Waals surface area contributed by atoms with Crippen molar-refractivity contribution in [2.75, 3.05) is 0 Å². The van der Waals surface area contributed by atoms with E-state index in [0.29, 0.717) is 42.7 Å². The maximum atomic E-state index is 12.3. The van der Waals surface area contributed by atoms with E-state index in [-0.39, 0.29) is 17.5 Å². The van der Waals surface area contributed by atoms with E-state index in [0.717, 1.165) is 6.42 Å². The van der Waals surface area contributed by atoms with Crippen molar-refractivity contribution in [1.29, 1.82) is 0 Å². The summed E-state index contributed by atoms with van der Waals surface area (Å²) in [6.07, 6.45) is 7.81. The Morgan fingerprint density at radius 3 is 2.96 bits per heavy atom. The second-order valence-corrected chi connectivity index (χ2v) is 7.24. The predicted molar refractivity (Wildman–Crippen MR) is 95.3 cm³/mol. The molecule has 1 N–H and O–H groups in total. The molecule has 7 heteroatoms. The molecule has 1 aliphatic carbocycles. The van der Waals surface area contributed by atoms with Crippen LogP contribution in [-0.2, 0) is 11.3 Å². The number of amides is 1. The van der Waals surface area contributed by atoms with Gasteiger partial charge in [0.25, 0.3) is 0 Å². The fourth-order valence-electron chi connectivity index (χ4n) is 3.71. The molecule has 0 spiro atoms. The van der Waals surface area contributed by atoms with E-state index in [4.69, 9.17) is 0 Å². The van der Waals surface area contributed by atoms with Crippen LogP contribution in [0.25, 0.3) is 5.65 Å². The van der Waals surface area contributed by atoms with Gasteiger partial charge in [-0.25, -0.2) is 9.67 Å². The second kappa shape index (κ2) is 7.37. The summed E-state index contributed by atoms with van der Waals surface area (Å²) in [6, 6.07) is 0.278. The van der Waals surface area contributed by atoms with E-state index in [9.17, 15) is 9.59 Å². The lowest BCUT2D eigenvalue weighted by molar-refractivity contribution is -0.122. The molecule has 2 heterocycles. The van der Waals surface area contributed by atoms with Crippen molar-refractivity contribution in [3.05, 3.63) is 28.6 Å². The van der Waals surface area contributed by atoms with Crippen LogP contribution in [-0.4, -0.2) is 31.1 Å². The van der Waals surface area contributed by atoms with Crippen molar-refractivity contribution < 1.29 is 4.79 Å². The molecule has 2 aromatic rings. The molecule has 0 saturated heterocycles. The molecule has 0 aliphatic heterocycles. The number of imidazole rings is 1. The van der Waals surface area contributed by atoms with Gasteiger partial charge in [-0.2, -0.15) is 5.10 Å². The summed E-state index contributed by atoms with van der Waals surface area (Å²) in [5, 5.41) is 7.48. The van der Waals surface area contributed by atoms with Crippen LogP contribution in [0, 0.1) is 18.8 Å². The minimum Gasteiger partial charge on any atom is -0.353 e. The van der Waals surface area contributed by atoms with Gasteiger partial charge < -0.3 is 5.32 Å². The Labute approximate surface area is 147 Å². The lowest BCUT2D eigenvalue weighted by atomic mass is 9.78. The Bertz CT molecular complexity index is 809. The molecule has 136 valence electrons. The van der Waals surface area contributed by atoms with Crippen LogP contribution in [0.3, 0.4) is 0 Å². The Hall–Kier alpha value is -2.18. The molecule has 0 bridgehead atoms. The zero-order chi connectivity index (χ0) is 18.0. The largest absolute Gasteiger partial charge is 0.353 e. The van der Waals surface area contributed by atoms with Crippen molar-refractivity contribution in [2.24, 2.45) is 11.8 Å². The lowest BCUT2D eigenvalue weighted by Gasteiger charge is -2.34. The molecule has 0 unspecified atom stereocenters. The van der Waals surface area contributed by atoms with Crippen molar-refractivity contribution in [2.45, 2.75) is 65.5 Å². The Morgan fingerprint density at radius 2 is 2.16 bits per heavy atom. The first-order valence-electron chi connectivity index (χ1n) is 9.17. The third kappa shape index (κ3) is 3.75. The third-order valence-electron chi connectivity index (χ3n) is 5.51. The van der Waals surface area contributed by atoms with Gasteiger partial charge in [0.15, 0.2) is 0 Å². The maximum absolute atomic E-state index is 12.3. The minimum atomic E-state index is -0.217. The van der Waals surface area contributed by atoms with Gasteiger partial charge in [0, 0.05) is 31.4 Å². The van der Waals surface area contributed by atoms with Crippen LogP contribution in [0.2, 0.25) is 0 Å². The van der Waals surface area contributed by atoms with Crippen LogP contribution >= 0.6 is 0 Å². The van der Waals surface area contributed by atoms with E-state index >= 15 is 0 Å². The van der Waals surface area contributed by atoms with Crippen molar-refractivity contribution in [1.82, 2.24) is 24.5 Å². The van der Waals surface area contributed by atoms with Crippen molar-refractivity contribution in [3.63, 3.8) is 0 Å². The van der Waals surface area contributed by atoms with Gasteiger partial charge >= 0.3 is 5.56 Å². The van der Waals surface area contributed by atoms with Crippen molar-refractivity contribution >= 4 is 11.6 Å². The first-order valence-corrected chi connectivity index (χ1v) is 9.17. The highest BCUT2D eigenvalue weighted by molar-refractivity contribution is 5.76. The molecule has 1 fully saturated rings. The lowest BCUT2D eigenvalue weighted by Crippen LogP contribution is -2.43. The zero-order valence-corrected chi connectivity index (χ0v) is 15.2. The number of nitrogens with one attached hydrogen (secondary N) is 1.